The Morgan fingerprint density at radius 2 is 1.84 bits per heavy atom. The first-order valence-electron chi connectivity index (χ1n) is 12.1. The summed E-state index contributed by atoms with van der Waals surface area (Å²) in [5.74, 6) is -0.366. The second kappa shape index (κ2) is 9.59. The van der Waals surface area contributed by atoms with Gasteiger partial charge in [0.15, 0.2) is 5.65 Å². The van der Waals surface area contributed by atoms with Gasteiger partial charge in [-0.3, -0.25) is 9.89 Å². The maximum absolute atomic E-state index is 13.5. The van der Waals surface area contributed by atoms with Crippen molar-refractivity contribution in [1.29, 1.82) is 0 Å². The molecule has 0 aliphatic carbocycles. The number of amides is 1. The molecule has 0 saturated heterocycles. The summed E-state index contributed by atoms with van der Waals surface area (Å²) in [6.45, 7) is 7.39. The van der Waals surface area contributed by atoms with E-state index >= 15 is 0 Å². The first-order chi connectivity index (χ1) is 18.1. The molecular weight excluding hydrogens is 481 g/mol. The van der Waals surface area contributed by atoms with Crippen molar-refractivity contribution in [3.8, 4) is 22.5 Å². The largest absolute Gasteiger partial charge is 0.404 e. The zero-order valence-electron chi connectivity index (χ0n) is 21.6. The number of carbonyl (C=O) groups excluding carboxylic acids is 1. The highest BCUT2D eigenvalue weighted by Gasteiger charge is 2.21. The third-order valence-corrected chi connectivity index (χ3v) is 6.24. The zero-order valence-corrected chi connectivity index (χ0v) is 21.6. The maximum atomic E-state index is 13.5. The van der Waals surface area contributed by atoms with Crippen LogP contribution in [0.1, 0.15) is 33.3 Å². The number of aromatic amines is 2. The van der Waals surface area contributed by atoms with Crippen molar-refractivity contribution in [1.82, 2.24) is 30.5 Å². The molecule has 5 N–H and O–H groups in total. The predicted molar refractivity (Wildman–Crippen MR) is 148 cm³/mol. The van der Waals surface area contributed by atoms with E-state index in [2.05, 4.69) is 30.5 Å². The Morgan fingerprint density at radius 3 is 2.55 bits per heavy atom. The highest BCUT2D eigenvalue weighted by Crippen LogP contribution is 2.33. The number of hydrogen-bond donors (Lipinski definition) is 4. The van der Waals surface area contributed by atoms with Crippen LogP contribution in [0.15, 0.2) is 72.8 Å². The van der Waals surface area contributed by atoms with E-state index < -0.39 is 5.41 Å². The average Bonchev–Trinajstić information content (AvgIpc) is 3.50. The molecule has 9 heteroatoms. The number of nitrogens with one attached hydrogen (secondary N) is 3. The molecule has 5 rings (SSSR count). The summed E-state index contributed by atoms with van der Waals surface area (Å²) in [6, 6.07) is 12.2. The lowest BCUT2D eigenvalue weighted by Gasteiger charge is -2.18. The van der Waals surface area contributed by atoms with E-state index in [0.717, 1.165) is 38.9 Å². The van der Waals surface area contributed by atoms with Gasteiger partial charge >= 0.3 is 0 Å². The number of H-pyrrole nitrogens is 2. The van der Waals surface area contributed by atoms with Crippen molar-refractivity contribution in [3.05, 3.63) is 84.2 Å². The smallest absolute Gasteiger partial charge is 0.229 e. The molecule has 0 radical (unpaired) electrons. The van der Waals surface area contributed by atoms with E-state index in [4.69, 9.17) is 5.73 Å². The average molecular weight is 510 g/mol. The van der Waals surface area contributed by atoms with Gasteiger partial charge in [0.1, 0.15) is 11.5 Å². The van der Waals surface area contributed by atoms with Gasteiger partial charge in [-0.25, -0.2) is 14.4 Å². The Balaban J connectivity index is 1.53. The van der Waals surface area contributed by atoms with Crippen LogP contribution in [0.3, 0.4) is 0 Å². The molecule has 0 bridgehead atoms. The topological polar surface area (TPSA) is 125 Å². The molecular formula is C29H28FN7O. The fraction of sp³-hybridized carbons (Fsp3) is 0.172. The number of hydrogen-bond acceptors (Lipinski definition) is 5. The fourth-order valence-corrected chi connectivity index (χ4v) is 4.17. The highest BCUT2D eigenvalue weighted by molar-refractivity contribution is 5.99. The van der Waals surface area contributed by atoms with Crippen LogP contribution in [-0.2, 0) is 4.79 Å². The van der Waals surface area contributed by atoms with E-state index in [1.54, 1.807) is 24.5 Å². The number of aromatic nitrogens is 5. The normalized spacial score (nSPS) is 12.9. The van der Waals surface area contributed by atoms with Gasteiger partial charge < -0.3 is 16.0 Å². The first-order valence-corrected chi connectivity index (χ1v) is 12.1. The summed E-state index contributed by atoms with van der Waals surface area (Å²) in [4.78, 5) is 24.7. The third-order valence-electron chi connectivity index (χ3n) is 6.24. The van der Waals surface area contributed by atoms with Crippen LogP contribution in [0.4, 0.5) is 4.39 Å². The lowest BCUT2D eigenvalue weighted by atomic mass is 9.95. The highest BCUT2D eigenvalue weighted by atomic mass is 19.1. The third kappa shape index (κ3) is 4.78. The molecule has 0 fully saturated rings. The maximum Gasteiger partial charge on any atom is 0.229 e. The first kappa shape index (κ1) is 24.9. The van der Waals surface area contributed by atoms with Crippen molar-refractivity contribution < 1.29 is 9.18 Å². The molecule has 1 amide bonds. The Morgan fingerprint density at radius 1 is 1.08 bits per heavy atom. The van der Waals surface area contributed by atoms with Crippen LogP contribution in [0.25, 0.3) is 50.2 Å². The summed E-state index contributed by atoms with van der Waals surface area (Å²) < 4.78 is 13.5. The lowest BCUT2D eigenvalue weighted by molar-refractivity contribution is -0.127. The van der Waals surface area contributed by atoms with E-state index in [-0.39, 0.29) is 11.7 Å². The number of carbonyl (C=O) groups is 1. The monoisotopic (exact) mass is 509 g/mol. The van der Waals surface area contributed by atoms with E-state index in [1.165, 1.54) is 18.3 Å². The minimum absolute atomic E-state index is 0.0826. The Hall–Kier alpha value is -4.79. The molecule has 0 saturated carbocycles. The standard InChI is InChI=1S/C29H28FN7O/c1-16(34-28(38)29(2,3)4)11-18(14-31)19-12-23-25(36-37-27(23)33-15-19)24-13-22-21(9-10-32-26(22)35-24)17-5-7-20(30)8-6-17/h5-15H,31H2,1-4H3,(H,32,35)(H,34,38)(H,33,36,37)/b16-11+,18-14+. The van der Waals surface area contributed by atoms with Crippen LogP contribution in [0.5, 0.6) is 0 Å². The number of halogens is 1. The van der Waals surface area contributed by atoms with Gasteiger partial charge in [-0.2, -0.15) is 5.10 Å². The number of rotatable bonds is 5. The predicted octanol–water partition coefficient (Wildman–Crippen LogP) is 5.67. The zero-order chi connectivity index (χ0) is 27.0. The molecule has 0 spiro atoms. The van der Waals surface area contributed by atoms with Gasteiger partial charge in [0, 0.05) is 51.6 Å². The van der Waals surface area contributed by atoms with Crippen molar-refractivity contribution >= 4 is 33.5 Å². The fourth-order valence-electron chi connectivity index (χ4n) is 4.17. The summed E-state index contributed by atoms with van der Waals surface area (Å²) in [7, 11) is 0. The second-order valence-corrected chi connectivity index (χ2v) is 10.2. The lowest BCUT2D eigenvalue weighted by Crippen LogP contribution is -2.33. The Kier molecular flexibility index (Phi) is 6.28. The van der Waals surface area contributed by atoms with Gasteiger partial charge in [0.25, 0.3) is 0 Å². The van der Waals surface area contributed by atoms with E-state index in [0.29, 0.717) is 22.6 Å². The number of fused-ring (bicyclic) bond motifs is 2. The van der Waals surface area contributed by atoms with Crippen molar-refractivity contribution in [2.45, 2.75) is 27.7 Å². The molecule has 1 aromatic carbocycles. The van der Waals surface area contributed by atoms with Crippen LogP contribution in [0.2, 0.25) is 0 Å². The summed E-state index contributed by atoms with van der Waals surface area (Å²) >= 11 is 0. The van der Waals surface area contributed by atoms with Crippen molar-refractivity contribution in [2.24, 2.45) is 11.1 Å². The van der Waals surface area contributed by atoms with Gasteiger partial charge in [-0.1, -0.05) is 32.9 Å². The molecule has 0 aliphatic heterocycles. The molecule has 4 heterocycles. The molecule has 8 nitrogen and oxygen atoms in total. The van der Waals surface area contributed by atoms with Crippen LogP contribution in [-0.4, -0.2) is 31.1 Å². The van der Waals surface area contributed by atoms with Gasteiger partial charge in [0.05, 0.1) is 11.4 Å². The number of allylic oxidation sites excluding steroid dienone is 3. The van der Waals surface area contributed by atoms with Crippen molar-refractivity contribution in [3.63, 3.8) is 0 Å². The second-order valence-electron chi connectivity index (χ2n) is 10.2. The number of pyridine rings is 2. The number of nitrogens with two attached hydrogens (primary N) is 1. The quantitative estimate of drug-likeness (QED) is 0.227. The van der Waals surface area contributed by atoms with Gasteiger partial charge in [-0.15, -0.1) is 0 Å². The Bertz CT molecular complexity index is 1720. The number of benzene rings is 1. The molecule has 4 aromatic heterocycles. The molecule has 38 heavy (non-hydrogen) atoms. The molecule has 192 valence electrons. The molecule has 0 unspecified atom stereocenters. The summed E-state index contributed by atoms with van der Waals surface area (Å²) in [6.07, 6.45) is 6.71. The van der Waals surface area contributed by atoms with Gasteiger partial charge in [-0.05, 0) is 54.5 Å². The van der Waals surface area contributed by atoms with Gasteiger partial charge in [0.2, 0.25) is 5.91 Å². The van der Waals surface area contributed by atoms with E-state index in [1.807, 2.05) is 52.0 Å². The summed E-state index contributed by atoms with van der Waals surface area (Å²) in [5, 5.41) is 12.1. The SMILES string of the molecule is C/C(=C\C(=C/N)c1cnc2n[nH]c(-c3cc4c(-c5ccc(F)cc5)ccnc4[nH]3)c2c1)NC(=O)C(C)(C)C. The minimum Gasteiger partial charge on any atom is -0.404 e. The Labute approximate surface area is 218 Å². The van der Waals surface area contributed by atoms with E-state index in [9.17, 15) is 9.18 Å². The molecule has 0 aliphatic rings. The molecule has 0 atom stereocenters. The number of nitrogens with zero attached hydrogens (tertiary/aromatic N) is 3. The van der Waals surface area contributed by atoms with Crippen LogP contribution >= 0.6 is 0 Å². The van der Waals surface area contributed by atoms with Crippen molar-refractivity contribution in [2.75, 3.05) is 0 Å². The molecule has 5 aromatic rings. The summed E-state index contributed by atoms with van der Waals surface area (Å²) in [5.41, 5.74) is 12.2. The van der Waals surface area contributed by atoms with Crippen LogP contribution < -0.4 is 11.1 Å². The van der Waals surface area contributed by atoms with Crippen LogP contribution in [0, 0.1) is 11.2 Å². The minimum atomic E-state index is -0.515.